The Morgan fingerprint density at radius 3 is 2.38 bits per heavy atom. The molecule has 0 fully saturated rings. The summed E-state index contributed by atoms with van der Waals surface area (Å²) < 4.78 is 11.4. The molecule has 2 aromatic rings. The van der Waals surface area contributed by atoms with Crippen molar-refractivity contribution in [3.63, 3.8) is 0 Å². The molecule has 0 aliphatic heterocycles. The number of rotatable bonds is 6. The van der Waals surface area contributed by atoms with Crippen LogP contribution < -0.4 is 10.1 Å². The van der Waals surface area contributed by atoms with Gasteiger partial charge in [0, 0.05) is 10.2 Å². The first-order valence-electron chi connectivity index (χ1n) is 8.23. The molecule has 0 heterocycles. The molecule has 0 spiro atoms. The predicted octanol–water partition coefficient (Wildman–Crippen LogP) is 4.32. The Labute approximate surface area is 161 Å². The van der Waals surface area contributed by atoms with Crippen molar-refractivity contribution >= 4 is 33.5 Å². The topological polar surface area (TPSA) is 64.6 Å². The van der Waals surface area contributed by atoms with Crippen molar-refractivity contribution in [1.82, 2.24) is 0 Å². The Morgan fingerprint density at radius 1 is 1.12 bits per heavy atom. The maximum absolute atomic E-state index is 12.3. The van der Waals surface area contributed by atoms with E-state index in [1.54, 1.807) is 18.2 Å². The van der Waals surface area contributed by atoms with Crippen molar-refractivity contribution in [2.24, 2.45) is 0 Å². The van der Waals surface area contributed by atoms with E-state index in [4.69, 9.17) is 9.47 Å². The fraction of sp³-hybridized carbons (Fsp3) is 0.300. The fourth-order valence-electron chi connectivity index (χ4n) is 2.59. The third kappa shape index (κ3) is 5.59. The van der Waals surface area contributed by atoms with Gasteiger partial charge in [-0.05, 0) is 57.0 Å². The second-order valence-electron chi connectivity index (χ2n) is 6.14. The van der Waals surface area contributed by atoms with Crippen LogP contribution in [0.25, 0.3) is 0 Å². The molecule has 138 valence electrons. The first-order valence-corrected chi connectivity index (χ1v) is 9.02. The van der Waals surface area contributed by atoms with Gasteiger partial charge in [0.15, 0.2) is 12.7 Å². The third-order valence-corrected chi connectivity index (χ3v) is 4.25. The van der Waals surface area contributed by atoms with Crippen LogP contribution >= 0.6 is 15.9 Å². The zero-order valence-electron chi connectivity index (χ0n) is 15.3. The standard InChI is InChI=1S/C20H22BrNO4/c1-12-8-13(2)19(14(3)9-12)22-20(24)15(4)26-18(23)11-25-17-7-5-6-16(21)10-17/h5-10,15H,11H2,1-4H3,(H,22,24). The average Bonchev–Trinajstić information content (AvgIpc) is 2.56. The highest BCUT2D eigenvalue weighted by molar-refractivity contribution is 9.10. The summed E-state index contributed by atoms with van der Waals surface area (Å²) in [5, 5.41) is 2.83. The second kappa shape index (κ2) is 8.85. The van der Waals surface area contributed by atoms with Gasteiger partial charge < -0.3 is 14.8 Å². The molecule has 0 aliphatic rings. The average molecular weight is 420 g/mol. The van der Waals surface area contributed by atoms with Crippen molar-refractivity contribution < 1.29 is 19.1 Å². The quantitative estimate of drug-likeness (QED) is 0.707. The van der Waals surface area contributed by atoms with Crippen molar-refractivity contribution in [1.29, 1.82) is 0 Å². The first-order chi connectivity index (χ1) is 12.3. The number of aryl methyl sites for hydroxylation is 3. The van der Waals surface area contributed by atoms with Crippen LogP contribution in [0.15, 0.2) is 40.9 Å². The maximum Gasteiger partial charge on any atom is 0.344 e. The van der Waals surface area contributed by atoms with Crippen molar-refractivity contribution in [3.8, 4) is 5.75 Å². The predicted molar refractivity (Wildman–Crippen MR) is 104 cm³/mol. The monoisotopic (exact) mass is 419 g/mol. The summed E-state index contributed by atoms with van der Waals surface area (Å²) in [6.07, 6.45) is -0.922. The molecule has 0 aliphatic carbocycles. The normalized spacial score (nSPS) is 11.6. The van der Waals surface area contributed by atoms with Gasteiger partial charge >= 0.3 is 5.97 Å². The number of carbonyl (C=O) groups excluding carboxylic acids is 2. The number of halogens is 1. The minimum absolute atomic E-state index is 0.267. The van der Waals surface area contributed by atoms with Gasteiger partial charge in [-0.1, -0.05) is 39.7 Å². The highest BCUT2D eigenvalue weighted by Crippen LogP contribution is 2.22. The molecule has 2 rings (SSSR count). The molecule has 6 heteroatoms. The number of esters is 1. The summed E-state index contributed by atoms with van der Waals surface area (Å²) in [7, 11) is 0. The van der Waals surface area contributed by atoms with Crippen LogP contribution in [0.2, 0.25) is 0 Å². The summed E-state index contributed by atoms with van der Waals surface area (Å²) in [5.74, 6) is -0.444. The van der Waals surface area contributed by atoms with E-state index >= 15 is 0 Å². The summed E-state index contributed by atoms with van der Waals surface area (Å²) in [5.41, 5.74) is 3.80. The van der Waals surface area contributed by atoms with Crippen LogP contribution in [0.3, 0.4) is 0 Å². The molecular weight excluding hydrogens is 398 g/mol. The molecule has 0 bridgehead atoms. The Balaban J connectivity index is 1.89. The highest BCUT2D eigenvalue weighted by Gasteiger charge is 2.19. The first kappa shape index (κ1) is 20.0. The lowest BCUT2D eigenvalue weighted by Crippen LogP contribution is -2.32. The van der Waals surface area contributed by atoms with Crippen LogP contribution in [0.5, 0.6) is 5.75 Å². The van der Waals surface area contributed by atoms with E-state index in [9.17, 15) is 9.59 Å². The van der Waals surface area contributed by atoms with Gasteiger partial charge in [0.05, 0.1) is 0 Å². The van der Waals surface area contributed by atoms with Gasteiger partial charge in [0.2, 0.25) is 0 Å². The summed E-state index contributed by atoms with van der Waals surface area (Å²) >= 11 is 3.33. The van der Waals surface area contributed by atoms with E-state index in [0.29, 0.717) is 5.75 Å². The summed E-state index contributed by atoms with van der Waals surface area (Å²) in [6.45, 7) is 7.12. The van der Waals surface area contributed by atoms with E-state index in [-0.39, 0.29) is 12.5 Å². The molecule has 2 aromatic carbocycles. The van der Waals surface area contributed by atoms with Crippen LogP contribution in [-0.4, -0.2) is 24.6 Å². The van der Waals surface area contributed by atoms with Gasteiger partial charge in [-0.15, -0.1) is 0 Å². The zero-order valence-corrected chi connectivity index (χ0v) is 16.8. The number of ether oxygens (including phenoxy) is 2. The Hall–Kier alpha value is -2.34. The number of hydrogen-bond acceptors (Lipinski definition) is 4. The van der Waals surface area contributed by atoms with Gasteiger partial charge in [-0.3, -0.25) is 4.79 Å². The van der Waals surface area contributed by atoms with E-state index in [0.717, 1.165) is 26.9 Å². The molecule has 1 unspecified atom stereocenters. The van der Waals surface area contributed by atoms with Crippen LogP contribution in [0, 0.1) is 20.8 Å². The summed E-state index contributed by atoms with van der Waals surface area (Å²) in [4.78, 5) is 24.2. The molecule has 1 atom stereocenters. The lowest BCUT2D eigenvalue weighted by atomic mass is 10.0. The lowest BCUT2D eigenvalue weighted by molar-refractivity contribution is -0.155. The number of hydrogen-bond donors (Lipinski definition) is 1. The number of amides is 1. The summed E-state index contributed by atoms with van der Waals surface area (Å²) in [6, 6.07) is 11.1. The number of carbonyl (C=O) groups is 2. The number of anilines is 1. The van der Waals surface area contributed by atoms with E-state index in [1.165, 1.54) is 6.92 Å². The number of nitrogens with one attached hydrogen (secondary N) is 1. The van der Waals surface area contributed by atoms with Crippen LogP contribution in [0.1, 0.15) is 23.6 Å². The largest absolute Gasteiger partial charge is 0.482 e. The molecule has 1 amide bonds. The van der Waals surface area contributed by atoms with Crippen LogP contribution in [-0.2, 0) is 14.3 Å². The Bertz CT molecular complexity index is 796. The molecule has 0 aromatic heterocycles. The molecule has 0 saturated carbocycles. The van der Waals surface area contributed by atoms with Gasteiger partial charge in [-0.25, -0.2) is 4.79 Å². The molecular formula is C20H22BrNO4. The minimum Gasteiger partial charge on any atom is -0.482 e. The molecule has 0 radical (unpaired) electrons. The van der Waals surface area contributed by atoms with E-state index < -0.39 is 12.1 Å². The van der Waals surface area contributed by atoms with Gasteiger partial charge in [0.1, 0.15) is 5.75 Å². The lowest BCUT2D eigenvalue weighted by Gasteiger charge is -2.17. The molecule has 26 heavy (non-hydrogen) atoms. The molecule has 5 nitrogen and oxygen atoms in total. The minimum atomic E-state index is -0.922. The molecule has 0 saturated heterocycles. The van der Waals surface area contributed by atoms with Crippen molar-refractivity contribution in [3.05, 3.63) is 57.6 Å². The van der Waals surface area contributed by atoms with E-state index in [2.05, 4.69) is 21.2 Å². The van der Waals surface area contributed by atoms with Crippen molar-refractivity contribution in [2.45, 2.75) is 33.8 Å². The van der Waals surface area contributed by atoms with Crippen LogP contribution in [0.4, 0.5) is 5.69 Å². The van der Waals surface area contributed by atoms with E-state index in [1.807, 2.05) is 39.0 Å². The maximum atomic E-state index is 12.3. The number of benzene rings is 2. The fourth-order valence-corrected chi connectivity index (χ4v) is 2.96. The zero-order chi connectivity index (χ0) is 19.3. The molecule has 1 N–H and O–H groups in total. The van der Waals surface area contributed by atoms with Gasteiger partial charge in [0.25, 0.3) is 5.91 Å². The SMILES string of the molecule is Cc1cc(C)c(NC(=O)C(C)OC(=O)COc2cccc(Br)c2)c(C)c1. The third-order valence-electron chi connectivity index (χ3n) is 3.76. The smallest absolute Gasteiger partial charge is 0.344 e. The van der Waals surface area contributed by atoms with Crippen molar-refractivity contribution in [2.75, 3.05) is 11.9 Å². The highest BCUT2D eigenvalue weighted by atomic mass is 79.9. The Kier molecular flexibility index (Phi) is 6.80. The second-order valence-corrected chi connectivity index (χ2v) is 7.06. The Morgan fingerprint density at radius 2 is 1.77 bits per heavy atom. The van der Waals surface area contributed by atoms with Gasteiger partial charge in [-0.2, -0.15) is 0 Å².